The third-order valence-corrected chi connectivity index (χ3v) is 4.38. The van der Waals surface area contributed by atoms with E-state index in [0.717, 1.165) is 25.8 Å². The lowest BCUT2D eigenvalue weighted by Crippen LogP contribution is -2.38. The van der Waals surface area contributed by atoms with Crippen molar-refractivity contribution in [1.29, 1.82) is 0 Å². The maximum absolute atomic E-state index is 12.6. The molecule has 1 unspecified atom stereocenters. The van der Waals surface area contributed by atoms with Gasteiger partial charge in [0.15, 0.2) is 5.82 Å². The van der Waals surface area contributed by atoms with E-state index in [9.17, 15) is 4.79 Å². The Balaban J connectivity index is 1.59. The Hall–Kier alpha value is -1.89. The first kappa shape index (κ1) is 16.0. The van der Waals surface area contributed by atoms with Gasteiger partial charge in [0, 0.05) is 58.6 Å². The van der Waals surface area contributed by atoms with Crippen LogP contribution in [0.15, 0.2) is 12.4 Å². The average Bonchev–Trinajstić information content (AvgIpc) is 3.04. The molecule has 0 N–H and O–H groups in total. The summed E-state index contributed by atoms with van der Waals surface area (Å²) in [5.74, 6) is 1.59. The molecule has 0 saturated carbocycles. The molecule has 7 heteroatoms. The van der Waals surface area contributed by atoms with Gasteiger partial charge >= 0.3 is 0 Å². The largest absolute Gasteiger partial charge is 0.470 e. The maximum atomic E-state index is 12.6. The molecular weight excluding hydrogens is 296 g/mol. The van der Waals surface area contributed by atoms with Crippen molar-refractivity contribution in [1.82, 2.24) is 14.9 Å². The molecule has 2 aliphatic rings. The van der Waals surface area contributed by atoms with Crippen LogP contribution in [0.1, 0.15) is 19.3 Å². The van der Waals surface area contributed by atoms with Crippen LogP contribution in [-0.4, -0.2) is 67.3 Å². The third-order valence-electron chi connectivity index (χ3n) is 4.38. The molecule has 0 spiro atoms. The first-order chi connectivity index (χ1) is 11.1. The number of anilines is 1. The van der Waals surface area contributed by atoms with E-state index < -0.39 is 0 Å². The Bertz CT molecular complexity index is 546. The van der Waals surface area contributed by atoms with E-state index in [-0.39, 0.29) is 17.9 Å². The minimum absolute atomic E-state index is 0.0193. The van der Waals surface area contributed by atoms with Crippen LogP contribution < -0.4 is 9.64 Å². The van der Waals surface area contributed by atoms with Crippen LogP contribution in [0.3, 0.4) is 0 Å². The Morgan fingerprint density at radius 2 is 2.00 bits per heavy atom. The number of aromatic nitrogens is 2. The number of hydrogen-bond acceptors (Lipinski definition) is 6. The summed E-state index contributed by atoms with van der Waals surface area (Å²) in [6, 6.07) is 0. The summed E-state index contributed by atoms with van der Waals surface area (Å²) in [4.78, 5) is 24.9. The lowest BCUT2D eigenvalue weighted by atomic mass is 9.99. The molecular formula is C16H24N4O3. The van der Waals surface area contributed by atoms with E-state index in [1.807, 2.05) is 23.9 Å². The van der Waals surface area contributed by atoms with Gasteiger partial charge in [0.2, 0.25) is 5.91 Å². The number of likely N-dealkylation sites (tertiary alicyclic amines) is 1. The second-order valence-corrected chi connectivity index (χ2v) is 6.28. The van der Waals surface area contributed by atoms with Crippen molar-refractivity contribution in [2.45, 2.75) is 25.4 Å². The van der Waals surface area contributed by atoms with Crippen LogP contribution in [0.2, 0.25) is 0 Å². The van der Waals surface area contributed by atoms with Gasteiger partial charge in [0.25, 0.3) is 5.88 Å². The van der Waals surface area contributed by atoms with E-state index in [0.29, 0.717) is 31.5 Å². The number of amides is 1. The molecule has 3 heterocycles. The van der Waals surface area contributed by atoms with E-state index in [1.54, 1.807) is 12.4 Å². The quantitative estimate of drug-likeness (QED) is 0.823. The van der Waals surface area contributed by atoms with Gasteiger partial charge in [-0.05, 0) is 12.8 Å². The topological polar surface area (TPSA) is 67.8 Å². The molecule has 0 bridgehead atoms. The number of rotatable bonds is 4. The summed E-state index contributed by atoms with van der Waals surface area (Å²) >= 11 is 0. The molecule has 1 amide bonds. The normalized spacial score (nSPS) is 22.2. The molecule has 1 aromatic rings. The number of ether oxygens (including phenoxy) is 2. The van der Waals surface area contributed by atoms with E-state index in [2.05, 4.69) is 9.97 Å². The van der Waals surface area contributed by atoms with Crippen molar-refractivity contribution in [3.05, 3.63) is 12.4 Å². The number of hydrogen-bond donors (Lipinski definition) is 0. The van der Waals surface area contributed by atoms with Crippen molar-refractivity contribution in [3.63, 3.8) is 0 Å². The van der Waals surface area contributed by atoms with Gasteiger partial charge in [-0.25, -0.2) is 9.97 Å². The molecule has 126 valence electrons. The Labute approximate surface area is 136 Å². The molecule has 7 nitrogen and oxygen atoms in total. The Kier molecular flexibility index (Phi) is 4.95. The first-order valence-electron chi connectivity index (χ1n) is 8.16. The number of nitrogens with zero attached hydrogens (tertiary/aromatic N) is 4. The molecule has 23 heavy (non-hydrogen) atoms. The highest BCUT2D eigenvalue weighted by Gasteiger charge is 2.33. The van der Waals surface area contributed by atoms with Crippen LogP contribution in [0.5, 0.6) is 5.88 Å². The highest BCUT2D eigenvalue weighted by Crippen LogP contribution is 2.26. The monoisotopic (exact) mass is 320 g/mol. The van der Waals surface area contributed by atoms with Crippen LogP contribution >= 0.6 is 0 Å². The predicted molar refractivity (Wildman–Crippen MR) is 85.5 cm³/mol. The fraction of sp³-hybridized carbons (Fsp3) is 0.688. The zero-order chi connectivity index (χ0) is 16.2. The van der Waals surface area contributed by atoms with Gasteiger partial charge < -0.3 is 19.3 Å². The standard InChI is InChI=1S/C16H24N4O3/c1-19(2)14-15(18-7-6-17-14)23-13-3-8-20(11-13)16(21)12-4-9-22-10-5-12/h6-7,12-13H,3-5,8-11H2,1-2H3. The lowest BCUT2D eigenvalue weighted by Gasteiger charge is -2.26. The highest BCUT2D eigenvalue weighted by molar-refractivity contribution is 5.79. The first-order valence-corrected chi connectivity index (χ1v) is 8.16. The molecule has 2 aliphatic heterocycles. The van der Waals surface area contributed by atoms with Crippen molar-refractivity contribution < 1.29 is 14.3 Å². The van der Waals surface area contributed by atoms with Gasteiger partial charge in [-0.15, -0.1) is 0 Å². The van der Waals surface area contributed by atoms with Crippen LogP contribution in [0.25, 0.3) is 0 Å². The summed E-state index contributed by atoms with van der Waals surface area (Å²) in [5, 5.41) is 0. The highest BCUT2D eigenvalue weighted by atomic mass is 16.5. The van der Waals surface area contributed by atoms with Gasteiger partial charge in [-0.3, -0.25) is 4.79 Å². The second kappa shape index (κ2) is 7.12. The summed E-state index contributed by atoms with van der Waals surface area (Å²) in [5.41, 5.74) is 0. The SMILES string of the molecule is CN(C)c1nccnc1OC1CCN(C(=O)C2CCOCC2)C1. The molecule has 1 aromatic heterocycles. The summed E-state index contributed by atoms with van der Waals surface area (Å²) in [6.07, 6.45) is 5.75. The van der Waals surface area contributed by atoms with Crippen LogP contribution in [0, 0.1) is 5.92 Å². The Morgan fingerprint density at radius 3 is 2.74 bits per heavy atom. The van der Waals surface area contributed by atoms with Gasteiger partial charge in [-0.1, -0.05) is 0 Å². The van der Waals surface area contributed by atoms with Gasteiger partial charge in [-0.2, -0.15) is 0 Å². The van der Waals surface area contributed by atoms with E-state index in [4.69, 9.17) is 9.47 Å². The molecule has 0 aromatic carbocycles. The third kappa shape index (κ3) is 3.72. The Morgan fingerprint density at radius 1 is 1.26 bits per heavy atom. The zero-order valence-electron chi connectivity index (χ0n) is 13.8. The minimum atomic E-state index is -0.0193. The number of carbonyl (C=O) groups is 1. The van der Waals surface area contributed by atoms with E-state index >= 15 is 0 Å². The summed E-state index contributed by atoms with van der Waals surface area (Å²) in [6.45, 7) is 2.75. The lowest BCUT2D eigenvalue weighted by molar-refractivity contribution is -0.137. The fourth-order valence-electron chi connectivity index (χ4n) is 3.09. The van der Waals surface area contributed by atoms with Gasteiger partial charge in [0.1, 0.15) is 6.10 Å². The second-order valence-electron chi connectivity index (χ2n) is 6.28. The van der Waals surface area contributed by atoms with Crippen molar-refractivity contribution in [3.8, 4) is 5.88 Å². The zero-order valence-corrected chi connectivity index (χ0v) is 13.8. The molecule has 2 saturated heterocycles. The fourth-order valence-corrected chi connectivity index (χ4v) is 3.09. The van der Waals surface area contributed by atoms with Crippen molar-refractivity contribution >= 4 is 11.7 Å². The van der Waals surface area contributed by atoms with Crippen LogP contribution in [0.4, 0.5) is 5.82 Å². The van der Waals surface area contributed by atoms with Crippen molar-refractivity contribution in [2.75, 3.05) is 45.3 Å². The summed E-state index contributed by atoms with van der Waals surface area (Å²) in [7, 11) is 3.82. The average molecular weight is 320 g/mol. The van der Waals surface area contributed by atoms with Crippen LogP contribution in [-0.2, 0) is 9.53 Å². The molecule has 1 atom stereocenters. The molecule has 2 fully saturated rings. The molecule has 3 rings (SSSR count). The van der Waals surface area contributed by atoms with Gasteiger partial charge in [0.05, 0.1) is 6.54 Å². The van der Waals surface area contributed by atoms with Crippen molar-refractivity contribution in [2.24, 2.45) is 5.92 Å². The number of carbonyl (C=O) groups excluding carboxylic acids is 1. The predicted octanol–water partition coefficient (Wildman–Crippen LogP) is 0.949. The molecule has 0 radical (unpaired) electrons. The minimum Gasteiger partial charge on any atom is -0.470 e. The van der Waals surface area contributed by atoms with E-state index in [1.165, 1.54) is 0 Å². The summed E-state index contributed by atoms with van der Waals surface area (Å²) < 4.78 is 11.3. The maximum Gasteiger partial charge on any atom is 0.257 e. The smallest absolute Gasteiger partial charge is 0.257 e. The molecule has 0 aliphatic carbocycles.